The monoisotopic (exact) mass is 751 g/mol. The van der Waals surface area contributed by atoms with Crippen LogP contribution in [-0.2, 0) is 35.3 Å². The summed E-state index contributed by atoms with van der Waals surface area (Å²) in [6.45, 7) is 4.01. The van der Waals surface area contributed by atoms with Gasteiger partial charge in [-0.05, 0) is 83.4 Å². The first-order chi connectivity index (χ1) is 24.0. The molecule has 3 N–H and O–H groups in total. The maximum Gasteiger partial charge on any atom is 0.416 e. The summed E-state index contributed by atoms with van der Waals surface area (Å²) < 4.78 is 74.1. The topological polar surface area (TPSA) is 164 Å². The van der Waals surface area contributed by atoms with Crippen LogP contribution in [0.5, 0.6) is 0 Å². The third kappa shape index (κ3) is 7.93. The van der Waals surface area contributed by atoms with Crippen molar-refractivity contribution in [3.8, 4) is 10.6 Å². The SMILES string of the molecule is Cc1nc(-c2ccc(C(F)(F)F)cc2NC(=O)OC2CC3C(=O)NC4(C(=O)NS(=O)(=O)C5CC5)CC4/C=C\CCCCN(C)C(=O)C3C2)sc1C. The third-order valence-corrected chi connectivity index (χ3v) is 13.0. The molecule has 6 rings (SSSR count). The van der Waals surface area contributed by atoms with Crippen LogP contribution in [0, 0.1) is 31.6 Å². The number of alkyl halides is 3. The lowest BCUT2D eigenvalue weighted by atomic mass is 9.93. The maximum absolute atomic E-state index is 14.0. The molecule has 0 bridgehead atoms. The Morgan fingerprint density at radius 1 is 1.12 bits per heavy atom. The van der Waals surface area contributed by atoms with Gasteiger partial charge in [-0.15, -0.1) is 11.3 Å². The van der Waals surface area contributed by atoms with Gasteiger partial charge in [-0.3, -0.25) is 24.4 Å². The van der Waals surface area contributed by atoms with Crippen molar-refractivity contribution in [2.45, 2.75) is 88.3 Å². The zero-order valence-corrected chi connectivity index (χ0v) is 30.0. The number of fused-ring (bicyclic) bond motifs is 2. The van der Waals surface area contributed by atoms with E-state index in [2.05, 4.69) is 20.3 Å². The minimum absolute atomic E-state index is 0.0480. The normalized spacial score (nSPS) is 27.8. The number of allylic oxidation sites excluding steroid dienone is 1. The first-order valence-electron chi connectivity index (χ1n) is 16.9. The summed E-state index contributed by atoms with van der Waals surface area (Å²) in [5.74, 6) is -4.29. The molecule has 276 valence electrons. The summed E-state index contributed by atoms with van der Waals surface area (Å²) in [4.78, 5) is 61.2. The van der Waals surface area contributed by atoms with Gasteiger partial charge in [-0.2, -0.15) is 13.2 Å². The van der Waals surface area contributed by atoms with Crippen molar-refractivity contribution in [2.75, 3.05) is 18.9 Å². The van der Waals surface area contributed by atoms with Gasteiger partial charge in [0.2, 0.25) is 21.8 Å². The van der Waals surface area contributed by atoms with Gasteiger partial charge in [-0.1, -0.05) is 12.2 Å². The molecule has 12 nitrogen and oxygen atoms in total. The molecular weight excluding hydrogens is 712 g/mol. The summed E-state index contributed by atoms with van der Waals surface area (Å²) in [6, 6.07) is 2.94. The largest absolute Gasteiger partial charge is 0.446 e. The Kier molecular flexibility index (Phi) is 10.00. The van der Waals surface area contributed by atoms with Crippen LogP contribution < -0.4 is 15.4 Å². The summed E-state index contributed by atoms with van der Waals surface area (Å²) >= 11 is 1.26. The number of halogens is 3. The third-order valence-electron chi connectivity index (χ3n) is 10.1. The van der Waals surface area contributed by atoms with E-state index in [1.807, 2.05) is 19.1 Å². The Morgan fingerprint density at radius 2 is 1.84 bits per heavy atom. The van der Waals surface area contributed by atoms with E-state index in [9.17, 15) is 40.8 Å². The molecule has 0 saturated heterocycles. The lowest BCUT2D eigenvalue weighted by molar-refractivity contribution is -0.140. The Balaban J connectivity index is 1.23. The van der Waals surface area contributed by atoms with Gasteiger partial charge in [-0.25, -0.2) is 18.2 Å². The first-order valence-corrected chi connectivity index (χ1v) is 19.3. The standard InChI is InChI=1S/C34H40F3N5O7S2/c1-18-19(2)50-29(38-18)24-12-9-20(34(35,36)37)14-27(24)39-32(46)49-22-15-25-26(16-22)30(44)42(3)13-7-5-4-6-8-21-17-33(21,40-28(25)43)31(45)41-51(47,48)23-10-11-23/h6,8-9,12,14,21-23,25-26H,4-5,7,10-11,13,15-17H2,1-3H3,(H,39,46)(H,40,43)(H,41,45)/b8-6-. The van der Waals surface area contributed by atoms with Gasteiger partial charge in [0.25, 0.3) is 5.91 Å². The number of benzene rings is 1. The predicted octanol–water partition coefficient (Wildman–Crippen LogP) is 5.07. The van der Waals surface area contributed by atoms with Crippen LogP contribution in [0.2, 0.25) is 0 Å². The van der Waals surface area contributed by atoms with Crippen molar-refractivity contribution < 1.29 is 45.5 Å². The molecule has 0 spiro atoms. The van der Waals surface area contributed by atoms with Crippen molar-refractivity contribution >= 4 is 50.9 Å². The predicted molar refractivity (Wildman–Crippen MR) is 182 cm³/mol. The first kappa shape index (κ1) is 36.8. The number of nitrogens with one attached hydrogen (secondary N) is 3. The van der Waals surface area contributed by atoms with Crippen molar-refractivity contribution in [1.29, 1.82) is 0 Å². The average Bonchev–Trinajstić information content (AvgIpc) is 3.96. The molecule has 1 aliphatic heterocycles. The maximum atomic E-state index is 14.0. The molecule has 1 aromatic carbocycles. The second-order valence-electron chi connectivity index (χ2n) is 13.9. The van der Waals surface area contributed by atoms with Gasteiger partial charge < -0.3 is 15.0 Å². The summed E-state index contributed by atoms with van der Waals surface area (Å²) in [5.41, 5.74) is -1.73. The number of nitrogens with zero attached hydrogens (tertiary/aromatic N) is 2. The molecule has 4 aliphatic rings. The second-order valence-corrected chi connectivity index (χ2v) is 17.0. The van der Waals surface area contributed by atoms with E-state index >= 15 is 0 Å². The van der Waals surface area contributed by atoms with Crippen LogP contribution in [0.15, 0.2) is 30.4 Å². The fourth-order valence-electron chi connectivity index (χ4n) is 6.78. The van der Waals surface area contributed by atoms with E-state index < -0.39 is 74.3 Å². The average molecular weight is 752 g/mol. The highest BCUT2D eigenvalue weighted by molar-refractivity contribution is 7.91. The molecule has 1 aromatic heterocycles. The molecule has 17 heteroatoms. The molecule has 5 unspecified atom stereocenters. The molecule has 3 aliphatic carbocycles. The van der Waals surface area contributed by atoms with E-state index in [0.717, 1.165) is 23.4 Å². The van der Waals surface area contributed by atoms with Crippen LogP contribution in [0.1, 0.15) is 67.5 Å². The number of anilines is 1. The summed E-state index contributed by atoms with van der Waals surface area (Å²) in [7, 11) is -2.29. The molecule has 2 heterocycles. The molecule has 2 aromatic rings. The number of aromatic nitrogens is 1. The highest BCUT2D eigenvalue weighted by Gasteiger charge is 2.62. The van der Waals surface area contributed by atoms with Crippen molar-refractivity contribution in [2.24, 2.45) is 17.8 Å². The number of sulfonamides is 1. The van der Waals surface area contributed by atoms with Crippen LogP contribution in [0.4, 0.5) is 23.7 Å². The molecule has 3 saturated carbocycles. The summed E-state index contributed by atoms with van der Waals surface area (Å²) in [6.07, 6.45) is -0.0575. The summed E-state index contributed by atoms with van der Waals surface area (Å²) in [5, 5.41) is 4.95. The molecule has 51 heavy (non-hydrogen) atoms. The highest BCUT2D eigenvalue weighted by Crippen LogP contribution is 2.47. The Morgan fingerprint density at radius 3 is 2.51 bits per heavy atom. The number of hydrogen-bond donors (Lipinski definition) is 3. The van der Waals surface area contributed by atoms with Crippen molar-refractivity contribution in [3.05, 3.63) is 46.5 Å². The van der Waals surface area contributed by atoms with E-state index in [1.54, 1.807) is 14.0 Å². The number of carbonyl (C=O) groups is 4. The number of rotatable bonds is 6. The molecular formula is C34H40F3N5O7S2. The van der Waals surface area contributed by atoms with Crippen LogP contribution >= 0.6 is 11.3 Å². The molecule has 0 radical (unpaired) electrons. The Hall–Kier alpha value is -3.99. The number of hydrogen-bond acceptors (Lipinski definition) is 9. The van der Waals surface area contributed by atoms with E-state index in [1.165, 1.54) is 22.3 Å². The van der Waals surface area contributed by atoms with Gasteiger partial charge in [0.1, 0.15) is 16.7 Å². The Bertz CT molecular complexity index is 1860. The second kappa shape index (κ2) is 13.9. The minimum atomic E-state index is -4.69. The number of amides is 4. The number of carbonyl (C=O) groups excluding carboxylic acids is 4. The van der Waals surface area contributed by atoms with E-state index in [4.69, 9.17) is 4.74 Å². The van der Waals surface area contributed by atoms with Gasteiger partial charge in [0.15, 0.2) is 0 Å². The molecule has 4 amide bonds. The minimum Gasteiger partial charge on any atom is -0.446 e. The van der Waals surface area contributed by atoms with Gasteiger partial charge in [0, 0.05) is 30.0 Å². The quantitative estimate of drug-likeness (QED) is 0.345. The number of ether oxygens (including phenoxy) is 1. The fourth-order valence-corrected chi connectivity index (χ4v) is 9.10. The lowest BCUT2D eigenvalue weighted by Crippen LogP contribution is -2.54. The zero-order valence-electron chi connectivity index (χ0n) is 28.3. The number of aryl methyl sites for hydroxylation is 2. The highest BCUT2D eigenvalue weighted by atomic mass is 32.2. The van der Waals surface area contributed by atoms with E-state index in [-0.39, 0.29) is 36.4 Å². The van der Waals surface area contributed by atoms with Crippen LogP contribution in [0.3, 0.4) is 0 Å². The van der Waals surface area contributed by atoms with Crippen LogP contribution in [-0.4, -0.2) is 72.6 Å². The lowest BCUT2D eigenvalue weighted by Gasteiger charge is -2.26. The van der Waals surface area contributed by atoms with Crippen molar-refractivity contribution in [1.82, 2.24) is 19.9 Å². The Labute approximate surface area is 297 Å². The fraction of sp³-hybridized carbons (Fsp3) is 0.559. The van der Waals surface area contributed by atoms with Crippen LogP contribution in [0.25, 0.3) is 10.6 Å². The molecule has 5 atom stereocenters. The molecule has 3 fully saturated rings. The van der Waals surface area contributed by atoms with Gasteiger partial charge >= 0.3 is 12.3 Å². The smallest absolute Gasteiger partial charge is 0.416 e. The zero-order chi connectivity index (χ0) is 36.9. The van der Waals surface area contributed by atoms with Gasteiger partial charge in [0.05, 0.1) is 34.0 Å². The number of thiazole rings is 1. The van der Waals surface area contributed by atoms with E-state index in [0.29, 0.717) is 42.9 Å². The van der Waals surface area contributed by atoms with Crippen molar-refractivity contribution in [3.63, 3.8) is 0 Å².